The maximum atomic E-state index is 12.0. The molecule has 1 aromatic heterocycles. The van der Waals surface area contributed by atoms with Gasteiger partial charge in [0.2, 0.25) is 12.0 Å². The van der Waals surface area contributed by atoms with Crippen LogP contribution in [0.15, 0.2) is 48.5 Å². The lowest BCUT2D eigenvalue weighted by Crippen LogP contribution is -2.22. The van der Waals surface area contributed by atoms with Crippen molar-refractivity contribution in [2.75, 3.05) is 12.9 Å². The molecule has 0 N–H and O–H groups in total. The van der Waals surface area contributed by atoms with Crippen LogP contribution in [0.5, 0.6) is 5.88 Å². The van der Waals surface area contributed by atoms with Gasteiger partial charge in [-0.05, 0) is 18.6 Å². The second-order valence-corrected chi connectivity index (χ2v) is 6.71. The van der Waals surface area contributed by atoms with Gasteiger partial charge in [0.1, 0.15) is 6.61 Å². The quantitative estimate of drug-likeness (QED) is 0.523. The summed E-state index contributed by atoms with van der Waals surface area (Å²) in [5.41, 5.74) is 1.04. The van der Waals surface area contributed by atoms with E-state index < -0.39 is 22.2 Å². The molecule has 134 valence electrons. The van der Waals surface area contributed by atoms with Gasteiger partial charge < -0.3 is 9.47 Å². The van der Waals surface area contributed by atoms with Gasteiger partial charge in [-0.3, -0.25) is 0 Å². The monoisotopic (exact) mass is 365 g/mol. The molecule has 2 aromatic rings. The van der Waals surface area contributed by atoms with Crippen LogP contribution < -0.4 is 4.74 Å². The molecular formula is C17H19NO6S. The maximum Gasteiger partial charge on any atom is 0.343 e. The number of esters is 1. The lowest BCUT2D eigenvalue weighted by Gasteiger charge is -2.15. The number of hydrogen-bond acceptors (Lipinski definition) is 7. The molecule has 0 bridgehead atoms. The third-order valence-corrected chi connectivity index (χ3v) is 3.56. The number of ether oxygens (including phenoxy) is 2. The Morgan fingerprint density at radius 3 is 2.48 bits per heavy atom. The molecule has 0 saturated heterocycles. The van der Waals surface area contributed by atoms with Crippen molar-refractivity contribution in [3.63, 3.8) is 0 Å². The van der Waals surface area contributed by atoms with Crippen molar-refractivity contribution in [1.82, 2.24) is 4.98 Å². The second kappa shape index (κ2) is 8.59. The molecule has 7 nitrogen and oxygen atoms in total. The summed E-state index contributed by atoms with van der Waals surface area (Å²) in [7, 11) is -3.88. The summed E-state index contributed by atoms with van der Waals surface area (Å²) in [6.07, 6.45) is -0.621. The number of carbonyl (C=O) groups is 1. The molecule has 0 aliphatic heterocycles. The summed E-state index contributed by atoms with van der Waals surface area (Å²) >= 11 is 0. The highest BCUT2D eigenvalue weighted by Gasteiger charge is 2.29. The standard InChI is InChI=1S/C17H19NO6S/c1-3-22-17(19)16(24-25(2,20)21)14-10-7-11-15(18-14)23-12-13-8-5-4-6-9-13/h4-11,16H,3,12H2,1-2H3. The number of carbonyl (C=O) groups excluding carboxylic acids is 1. The van der Waals surface area contributed by atoms with Crippen LogP contribution in [-0.2, 0) is 30.4 Å². The minimum absolute atomic E-state index is 0.0899. The highest BCUT2D eigenvalue weighted by atomic mass is 32.2. The summed E-state index contributed by atoms with van der Waals surface area (Å²) in [5, 5.41) is 0. The normalized spacial score (nSPS) is 12.4. The minimum Gasteiger partial charge on any atom is -0.473 e. The van der Waals surface area contributed by atoms with E-state index in [0.717, 1.165) is 11.8 Å². The number of rotatable bonds is 8. The molecule has 0 amide bonds. The van der Waals surface area contributed by atoms with Crippen molar-refractivity contribution in [2.45, 2.75) is 19.6 Å². The molecule has 0 aliphatic rings. The highest BCUT2D eigenvalue weighted by Crippen LogP contribution is 2.22. The van der Waals surface area contributed by atoms with Gasteiger partial charge in [0.05, 0.1) is 18.6 Å². The fourth-order valence-corrected chi connectivity index (χ4v) is 2.52. The van der Waals surface area contributed by atoms with Gasteiger partial charge in [-0.1, -0.05) is 36.4 Å². The molecule has 1 aromatic carbocycles. The van der Waals surface area contributed by atoms with Gasteiger partial charge in [-0.2, -0.15) is 8.42 Å². The van der Waals surface area contributed by atoms with E-state index >= 15 is 0 Å². The fourth-order valence-electron chi connectivity index (χ4n) is 1.99. The number of pyridine rings is 1. The largest absolute Gasteiger partial charge is 0.473 e. The lowest BCUT2D eigenvalue weighted by molar-refractivity contribution is -0.151. The molecular weight excluding hydrogens is 346 g/mol. The van der Waals surface area contributed by atoms with Gasteiger partial charge in [0, 0.05) is 6.07 Å². The van der Waals surface area contributed by atoms with Gasteiger partial charge in [-0.25, -0.2) is 14.0 Å². The first-order valence-corrected chi connectivity index (χ1v) is 9.39. The average Bonchev–Trinajstić information content (AvgIpc) is 2.58. The predicted molar refractivity (Wildman–Crippen MR) is 90.3 cm³/mol. The third-order valence-electron chi connectivity index (χ3n) is 3.01. The second-order valence-electron chi connectivity index (χ2n) is 5.11. The number of benzene rings is 1. The summed E-state index contributed by atoms with van der Waals surface area (Å²) in [6, 6.07) is 14.2. The van der Waals surface area contributed by atoms with Crippen molar-refractivity contribution in [3.05, 3.63) is 59.8 Å². The summed E-state index contributed by atoms with van der Waals surface area (Å²) in [6.45, 7) is 1.99. The first-order valence-electron chi connectivity index (χ1n) is 7.57. The Kier molecular flexibility index (Phi) is 6.49. The van der Waals surface area contributed by atoms with Gasteiger partial charge in [0.25, 0.3) is 10.1 Å². The van der Waals surface area contributed by atoms with Gasteiger partial charge >= 0.3 is 5.97 Å². The van der Waals surface area contributed by atoms with E-state index in [4.69, 9.17) is 13.7 Å². The Labute approximate surface area is 146 Å². The summed E-state index contributed by atoms with van der Waals surface area (Å²) in [5.74, 6) is -0.589. The molecule has 0 aliphatic carbocycles. The molecule has 0 radical (unpaired) electrons. The predicted octanol–water partition coefficient (Wildman–Crippen LogP) is 2.24. The number of hydrogen-bond donors (Lipinski definition) is 0. The zero-order chi connectivity index (χ0) is 18.3. The third kappa shape index (κ3) is 6.17. The van der Waals surface area contributed by atoms with E-state index in [9.17, 15) is 13.2 Å². The molecule has 2 rings (SSSR count). The first-order chi connectivity index (χ1) is 11.9. The zero-order valence-corrected chi connectivity index (χ0v) is 14.7. The van der Waals surface area contributed by atoms with Crippen LogP contribution in [0.1, 0.15) is 24.3 Å². The molecule has 25 heavy (non-hydrogen) atoms. The van der Waals surface area contributed by atoms with E-state index in [0.29, 0.717) is 0 Å². The summed E-state index contributed by atoms with van der Waals surface area (Å²) in [4.78, 5) is 16.2. The van der Waals surface area contributed by atoms with Crippen LogP contribution in [0.2, 0.25) is 0 Å². The van der Waals surface area contributed by atoms with Crippen molar-refractivity contribution >= 4 is 16.1 Å². The number of aromatic nitrogens is 1. The Morgan fingerprint density at radius 1 is 1.12 bits per heavy atom. The first kappa shape index (κ1) is 18.9. The van der Waals surface area contributed by atoms with E-state index in [1.165, 1.54) is 6.07 Å². The highest BCUT2D eigenvalue weighted by molar-refractivity contribution is 7.86. The van der Waals surface area contributed by atoms with Crippen molar-refractivity contribution in [2.24, 2.45) is 0 Å². The van der Waals surface area contributed by atoms with Crippen LogP contribution in [0.4, 0.5) is 0 Å². The molecule has 1 unspecified atom stereocenters. The lowest BCUT2D eigenvalue weighted by atomic mass is 10.2. The Hall–Kier alpha value is -2.45. The Balaban J connectivity index is 2.19. The number of nitrogens with zero attached hydrogens (tertiary/aromatic N) is 1. The van der Waals surface area contributed by atoms with Crippen LogP contribution in [0.3, 0.4) is 0 Å². The van der Waals surface area contributed by atoms with Crippen molar-refractivity contribution in [1.29, 1.82) is 0 Å². The SMILES string of the molecule is CCOC(=O)C(OS(C)(=O)=O)c1cccc(OCc2ccccc2)n1. The zero-order valence-electron chi connectivity index (χ0n) is 13.9. The van der Waals surface area contributed by atoms with Crippen molar-refractivity contribution < 1.29 is 26.9 Å². The van der Waals surface area contributed by atoms with Crippen LogP contribution in [-0.4, -0.2) is 32.2 Å². The Bertz CT molecular complexity index is 807. The van der Waals surface area contributed by atoms with Crippen LogP contribution in [0.25, 0.3) is 0 Å². The van der Waals surface area contributed by atoms with E-state index in [1.807, 2.05) is 30.3 Å². The van der Waals surface area contributed by atoms with E-state index in [-0.39, 0.29) is 24.8 Å². The van der Waals surface area contributed by atoms with E-state index in [1.54, 1.807) is 19.1 Å². The molecule has 0 saturated carbocycles. The van der Waals surface area contributed by atoms with E-state index in [2.05, 4.69) is 4.98 Å². The molecule has 1 atom stereocenters. The van der Waals surface area contributed by atoms with Crippen LogP contribution >= 0.6 is 0 Å². The van der Waals surface area contributed by atoms with Gasteiger partial charge in [0.15, 0.2) is 0 Å². The average molecular weight is 365 g/mol. The molecule has 0 spiro atoms. The Morgan fingerprint density at radius 2 is 1.84 bits per heavy atom. The molecule has 0 fully saturated rings. The smallest absolute Gasteiger partial charge is 0.343 e. The topological polar surface area (TPSA) is 91.8 Å². The maximum absolute atomic E-state index is 12.0. The fraction of sp³-hybridized carbons (Fsp3) is 0.294. The minimum atomic E-state index is -3.88. The van der Waals surface area contributed by atoms with Crippen molar-refractivity contribution in [3.8, 4) is 5.88 Å². The molecule has 8 heteroatoms. The van der Waals surface area contributed by atoms with Gasteiger partial charge in [-0.15, -0.1) is 0 Å². The summed E-state index contributed by atoms with van der Waals surface area (Å²) < 4.78 is 38.1. The molecule has 1 heterocycles. The van der Waals surface area contributed by atoms with Crippen LogP contribution in [0, 0.1) is 0 Å².